The van der Waals surface area contributed by atoms with Gasteiger partial charge in [-0.1, -0.05) is 39.7 Å². The van der Waals surface area contributed by atoms with Gasteiger partial charge in [0, 0.05) is 22.0 Å². The van der Waals surface area contributed by atoms with E-state index in [0.29, 0.717) is 21.7 Å². The van der Waals surface area contributed by atoms with Crippen molar-refractivity contribution in [3.05, 3.63) is 67.1 Å². The summed E-state index contributed by atoms with van der Waals surface area (Å²) in [6.45, 7) is 0.0933. The van der Waals surface area contributed by atoms with Gasteiger partial charge in [0.1, 0.15) is 12.4 Å². The van der Waals surface area contributed by atoms with Crippen LogP contribution in [0.3, 0.4) is 0 Å². The van der Waals surface area contributed by atoms with E-state index in [-0.39, 0.29) is 12.3 Å². The lowest BCUT2D eigenvalue weighted by Crippen LogP contribution is -2.02. The van der Waals surface area contributed by atoms with Gasteiger partial charge in [-0.15, -0.1) is 0 Å². The third-order valence-electron chi connectivity index (χ3n) is 2.81. The Balaban J connectivity index is 2.27. The molecule has 0 radical (unpaired) electrons. The predicted octanol–water partition coefficient (Wildman–Crippen LogP) is 5.48. The standard InChI is InChI=1S/C14H10Br2ClNO3/c15-7-9-2-1-3-12(16)14(9)21-8-10-4-5-11(17)6-13(10)18(19)20/h1-6H,7-8H2. The van der Waals surface area contributed by atoms with Crippen LogP contribution in [0.15, 0.2) is 40.9 Å². The zero-order chi connectivity index (χ0) is 15.4. The Morgan fingerprint density at radius 3 is 2.67 bits per heavy atom. The SMILES string of the molecule is O=[N+]([O-])c1cc(Cl)ccc1COc1c(Br)cccc1CBr. The van der Waals surface area contributed by atoms with E-state index in [9.17, 15) is 10.1 Å². The molecule has 21 heavy (non-hydrogen) atoms. The second-order valence-corrected chi connectivity index (χ2v) is 6.03. The lowest BCUT2D eigenvalue weighted by Gasteiger charge is -2.12. The molecule has 0 aliphatic carbocycles. The summed E-state index contributed by atoms with van der Waals surface area (Å²) in [4.78, 5) is 10.6. The maximum atomic E-state index is 11.0. The molecule has 0 unspecified atom stereocenters. The molecular weight excluding hydrogens is 425 g/mol. The number of nitro groups is 1. The molecule has 0 bridgehead atoms. The molecule has 110 valence electrons. The summed E-state index contributed by atoms with van der Waals surface area (Å²) in [5, 5.41) is 12.0. The van der Waals surface area contributed by atoms with Crippen LogP contribution in [0.25, 0.3) is 0 Å². The summed E-state index contributed by atoms with van der Waals surface area (Å²) >= 11 is 12.6. The number of benzene rings is 2. The molecule has 0 aliphatic heterocycles. The highest BCUT2D eigenvalue weighted by Crippen LogP contribution is 2.32. The van der Waals surface area contributed by atoms with Gasteiger partial charge in [0.15, 0.2) is 0 Å². The first kappa shape index (κ1) is 16.3. The molecule has 2 rings (SSSR count). The van der Waals surface area contributed by atoms with E-state index in [2.05, 4.69) is 31.9 Å². The molecule has 0 aromatic heterocycles. The minimum Gasteiger partial charge on any atom is -0.487 e. The normalized spacial score (nSPS) is 10.4. The number of ether oxygens (including phenoxy) is 1. The highest BCUT2D eigenvalue weighted by atomic mass is 79.9. The van der Waals surface area contributed by atoms with Crippen LogP contribution in [0.4, 0.5) is 5.69 Å². The molecule has 7 heteroatoms. The molecule has 2 aromatic rings. The molecule has 2 aromatic carbocycles. The molecular formula is C14H10Br2ClNO3. The Labute approximate surface area is 143 Å². The molecule has 0 saturated carbocycles. The van der Waals surface area contributed by atoms with Crippen LogP contribution in [0, 0.1) is 10.1 Å². The van der Waals surface area contributed by atoms with Crippen LogP contribution in [-0.4, -0.2) is 4.92 Å². The van der Waals surface area contributed by atoms with Crippen molar-refractivity contribution in [2.45, 2.75) is 11.9 Å². The van der Waals surface area contributed by atoms with Crippen molar-refractivity contribution in [1.29, 1.82) is 0 Å². The third kappa shape index (κ3) is 3.96. The highest BCUT2D eigenvalue weighted by molar-refractivity contribution is 9.10. The van der Waals surface area contributed by atoms with Gasteiger partial charge in [-0.05, 0) is 34.1 Å². The second-order valence-electron chi connectivity index (χ2n) is 4.18. The quantitative estimate of drug-likeness (QED) is 0.355. The fourth-order valence-corrected chi connectivity index (χ4v) is 2.93. The summed E-state index contributed by atoms with van der Waals surface area (Å²) in [6.07, 6.45) is 0. The molecule has 0 saturated heterocycles. The van der Waals surface area contributed by atoms with Gasteiger partial charge in [0.25, 0.3) is 5.69 Å². The van der Waals surface area contributed by atoms with Gasteiger partial charge in [0.2, 0.25) is 0 Å². The molecule has 0 atom stereocenters. The third-order valence-corrected chi connectivity index (χ3v) is 4.27. The number of hydrogen-bond donors (Lipinski definition) is 0. The molecule has 0 amide bonds. The number of alkyl halides is 1. The van der Waals surface area contributed by atoms with Crippen molar-refractivity contribution in [3.63, 3.8) is 0 Å². The number of nitrogens with zero attached hydrogens (tertiary/aromatic N) is 1. The van der Waals surface area contributed by atoms with Crippen molar-refractivity contribution in [2.24, 2.45) is 0 Å². The van der Waals surface area contributed by atoms with Gasteiger partial charge in [0.05, 0.1) is 15.0 Å². The Hall–Kier alpha value is -1.11. The van der Waals surface area contributed by atoms with Crippen LogP contribution in [0.1, 0.15) is 11.1 Å². The average Bonchev–Trinajstić information content (AvgIpc) is 2.46. The average molecular weight is 435 g/mol. The van der Waals surface area contributed by atoms with Crippen LogP contribution in [0.2, 0.25) is 5.02 Å². The second kappa shape index (κ2) is 7.24. The zero-order valence-electron chi connectivity index (χ0n) is 10.7. The predicted molar refractivity (Wildman–Crippen MR) is 89.2 cm³/mol. The van der Waals surface area contributed by atoms with E-state index in [0.717, 1.165) is 10.0 Å². The van der Waals surface area contributed by atoms with Crippen LogP contribution >= 0.6 is 43.5 Å². The summed E-state index contributed by atoms with van der Waals surface area (Å²) in [5.41, 5.74) is 1.39. The first-order valence-electron chi connectivity index (χ1n) is 5.92. The van der Waals surface area contributed by atoms with E-state index in [1.165, 1.54) is 6.07 Å². The summed E-state index contributed by atoms with van der Waals surface area (Å²) in [6, 6.07) is 10.2. The number of nitro benzene ring substituents is 1. The van der Waals surface area contributed by atoms with Crippen molar-refractivity contribution in [1.82, 2.24) is 0 Å². The zero-order valence-corrected chi connectivity index (χ0v) is 14.6. The first-order valence-corrected chi connectivity index (χ1v) is 8.21. The Bertz CT molecular complexity index is 679. The topological polar surface area (TPSA) is 52.4 Å². The van der Waals surface area contributed by atoms with Gasteiger partial charge in [-0.25, -0.2) is 0 Å². The molecule has 0 N–H and O–H groups in total. The summed E-state index contributed by atoms with van der Waals surface area (Å²) < 4.78 is 6.55. The van der Waals surface area contributed by atoms with Gasteiger partial charge >= 0.3 is 0 Å². The van der Waals surface area contributed by atoms with Crippen LogP contribution < -0.4 is 4.74 Å². The van der Waals surface area contributed by atoms with E-state index in [4.69, 9.17) is 16.3 Å². The lowest BCUT2D eigenvalue weighted by atomic mass is 10.2. The lowest BCUT2D eigenvalue weighted by molar-refractivity contribution is -0.385. The monoisotopic (exact) mass is 433 g/mol. The fourth-order valence-electron chi connectivity index (χ4n) is 1.80. The van der Waals surface area contributed by atoms with E-state index in [1.54, 1.807) is 12.1 Å². The maximum absolute atomic E-state index is 11.0. The van der Waals surface area contributed by atoms with Crippen molar-refractivity contribution in [3.8, 4) is 5.75 Å². The van der Waals surface area contributed by atoms with E-state index >= 15 is 0 Å². The molecule has 4 nitrogen and oxygen atoms in total. The number of hydrogen-bond acceptors (Lipinski definition) is 3. The van der Waals surface area contributed by atoms with Crippen LogP contribution in [0.5, 0.6) is 5.75 Å². The number of para-hydroxylation sites is 1. The molecule has 0 heterocycles. The number of rotatable bonds is 5. The van der Waals surface area contributed by atoms with E-state index in [1.807, 2.05) is 18.2 Å². The molecule has 0 aliphatic rings. The van der Waals surface area contributed by atoms with E-state index < -0.39 is 4.92 Å². The molecule has 0 fully saturated rings. The summed E-state index contributed by atoms with van der Waals surface area (Å²) in [7, 11) is 0. The largest absolute Gasteiger partial charge is 0.487 e. The van der Waals surface area contributed by atoms with Gasteiger partial charge in [-0.2, -0.15) is 0 Å². The maximum Gasteiger partial charge on any atom is 0.277 e. The summed E-state index contributed by atoms with van der Waals surface area (Å²) in [5.74, 6) is 0.665. The minimum absolute atomic E-state index is 0.0463. The van der Waals surface area contributed by atoms with Crippen molar-refractivity contribution in [2.75, 3.05) is 0 Å². The van der Waals surface area contributed by atoms with Crippen molar-refractivity contribution >= 4 is 49.1 Å². The fraction of sp³-hybridized carbons (Fsp3) is 0.143. The first-order chi connectivity index (χ1) is 10.0. The van der Waals surface area contributed by atoms with Gasteiger partial charge in [-0.3, -0.25) is 10.1 Å². The highest BCUT2D eigenvalue weighted by Gasteiger charge is 2.16. The number of halogens is 3. The molecule has 0 spiro atoms. The Morgan fingerprint density at radius 1 is 1.24 bits per heavy atom. The Morgan fingerprint density at radius 2 is 2.00 bits per heavy atom. The van der Waals surface area contributed by atoms with Crippen molar-refractivity contribution < 1.29 is 9.66 Å². The smallest absolute Gasteiger partial charge is 0.277 e. The Kier molecular flexibility index (Phi) is 5.61. The minimum atomic E-state index is -0.462. The van der Waals surface area contributed by atoms with Gasteiger partial charge < -0.3 is 4.74 Å². The van der Waals surface area contributed by atoms with Crippen LogP contribution in [-0.2, 0) is 11.9 Å².